The zero-order valence-corrected chi connectivity index (χ0v) is 11.3. The molecule has 0 fully saturated rings. The Morgan fingerprint density at radius 1 is 1.38 bits per heavy atom. The Kier molecular flexibility index (Phi) is 2.88. The lowest BCUT2D eigenvalue weighted by Gasteiger charge is -2.26. The molecule has 1 aliphatic heterocycles. The number of nitrogens with zero attached hydrogens (tertiary/aromatic N) is 1. The van der Waals surface area contributed by atoms with E-state index in [1.807, 2.05) is 0 Å². The lowest BCUT2D eigenvalue weighted by atomic mass is 9.82. The number of aryl methyl sites for hydroxylation is 1. The molecule has 1 aromatic rings. The van der Waals surface area contributed by atoms with Crippen molar-refractivity contribution >= 4 is 28.4 Å². The Labute approximate surface area is 110 Å². The van der Waals surface area contributed by atoms with Crippen LogP contribution in [0.3, 0.4) is 0 Å². The van der Waals surface area contributed by atoms with Gasteiger partial charge in [0.25, 0.3) is 0 Å². The van der Waals surface area contributed by atoms with E-state index in [9.17, 15) is 0 Å². The van der Waals surface area contributed by atoms with Gasteiger partial charge in [-0.1, -0.05) is 6.07 Å². The van der Waals surface area contributed by atoms with Gasteiger partial charge < -0.3 is 5.32 Å². The topological polar surface area (TPSA) is 24.4 Å². The van der Waals surface area contributed by atoms with Crippen molar-refractivity contribution in [1.29, 1.82) is 0 Å². The van der Waals surface area contributed by atoms with E-state index in [0.29, 0.717) is 5.92 Å². The van der Waals surface area contributed by atoms with Crippen molar-refractivity contribution in [3.8, 4) is 0 Å². The summed E-state index contributed by atoms with van der Waals surface area (Å²) in [4.78, 5) is 4.59. The van der Waals surface area contributed by atoms with Gasteiger partial charge in [-0.05, 0) is 65.1 Å². The molecular weight excluding hydrogens is 311 g/mol. The molecule has 1 unspecified atom stereocenters. The molecule has 0 saturated heterocycles. The number of hydrogen-bond donors (Lipinski definition) is 1. The third kappa shape index (κ3) is 1.85. The highest BCUT2D eigenvalue weighted by atomic mass is 127. The second kappa shape index (κ2) is 4.35. The average molecular weight is 326 g/mol. The maximum atomic E-state index is 4.59. The first-order valence-electron chi connectivity index (χ1n) is 5.91. The molecule has 84 valence electrons. The van der Waals surface area contributed by atoms with E-state index in [4.69, 9.17) is 0 Å². The van der Waals surface area contributed by atoms with Crippen LogP contribution in [0.1, 0.15) is 29.9 Å². The fraction of sp³-hybridized carbons (Fsp3) is 0.462. The van der Waals surface area contributed by atoms with Gasteiger partial charge in [0.2, 0.25) is 0 Å². The van der Waals surface area contributed by atoms with Crippen LogP contribution in [-0.4, -0.2) is 18.9 Å². The molecule has 2 nitrogen and oxygen atoms in total. The molecule has 3 rings (SSSR count). The normalized spacial score (nSPS) is 23.6. The molecule has 16 heavy (non-hydrogen) atoms. The van der Waals surface area contributed by atoms with Crippen LogP contribution < -0.4 is 5.32 Å². The van der Waals surface area contributed by atoms with E-state index in [-0.39, 0.29) is 0 Å². The Morgan fingerprint density at radius 3 is 3.12 bits per heavy atom. The van der Waals surface area contributed by atoms with Gasteiger partial charge >= 0.3 is 0 Å². The summed E-state index contributed by atoms with van der Waals surface area (Å²) in [6.45, 7) is 1.97. The van der Waals surface area contributed by atoms with E-state index < -0.39 is 0 Å². The van der Waals surface area contributed by atoms with Crippen molar-refractivity contribution in [2.75, 3.05) is 13.1 Å². The number of nitrogens with one attached hydrogen (secondary N) is 1. The fourth-order valence-electron chi connectivity index (χ4n) is 2.70. The molecule has 0 radical (unpaired) electrons. The maximum absolute atomic E-state index is 4.59. The number of benzene rings is 1. The summed E-state index contributed by atoms with van der Waals surface area (Å²) >= 11 is 2.40. The quantitative estimate of drug-likeness (QED) is 0.789. The zero-order valence-electron chi connectivity index (χ0n) is 9.17. The molecule has 2 aliphatic rings. The van der Waals surface area contributed by atoms with Crippen molar-refractivity contribution < 1.29 is 0 Å². The molecule has 0 bridgehead atoms. The van der Waals surface area contributed by atoms with E-state index in [1.165, 1.54) is 39.8 Å². The van der Waals surface area contributed by atoms with Crippen molar-refractivity contribution in [3.63, 3.8) is 0 Å². The number of hydrogen-bond acceptors (Lipinski definition) is 2. The fourth-order valence-corrected chi connectivity index (χ4v) is 3.22. The summed E-state index contributed by atoms with van der Waals surface area (Å²) in [7, 11) is 0. The third-order valence-electron chi connectivity index (χ3n) is 3.45. The highest BCUT2D eigenvalue weighted by Gasteiger charge is 2.26. The predicted octanol–water partition coefficient (Wildman–Crippen LogP) is 2.71. The molecule has 0 saturated carbocycles. The first-order valence-corrected chi connectivity index (χ1v) is 6.99. The summed E-state index contributed by atoms with van der Waals surface area (Å²) in [6.07, 6.45) is 3.77. The van der Waals surface area contributed by atoms with Crippen molar-refractivity contribution in [3.05, 3.63) is 32.9 Å². The monoisotopic (exact) mass is 326 g/mol. The number of fused-ring (bicyclic) bond motifs is 1. The summed E-state index contributed by atoms with van der Waals surface area (Å²) in [5.74, 6) is 1.75. The predicted molar refractivity (Wildman–Crippen MR) is 75.1 cm³/mol. The molecule has 3 heteroatoms. The summed E-state index contributed by atoms with van der Waals surface area (Å²) in [5, 5.41) is 3.43. The minimum absolute atomic E-state index is 0.529. The molecule has 1 aliphatic carbocycles. The molecule has 1 atom stereocenters. The van der Waals surface area contributed by atoms with Crippen molar-refractivity contribution in [2.45, 2.75) is 25.2 Å². The van der Waals surface area contributed by atoms with E-state index in [0.717, 1.165) is 13.1 Å². The Bertz CT molecular complexity index is 440. The minimum atomic E-state index is 0.529. The first-order chi connectivity index (χ1) is 7.84. The van der Waals surface area contributed by atoms with Crippen LogP contribution in [0.25, 0.3) is 0 Å². The van der Waals surface area contributed by atoms with E-state index in [2.05, 4.69) is 51.1 Å². The minimum Gasteiger partial charge on any atom is -0.371 e. The zero-order chi connectivity index (χ0) is 11.0. The second-order valence-corrected chi connectivity index (χ2v) is 5.73. The lowest BCUT2D eigenvalue weighted by molar-refractivity contribution is 0.641. The van der Waals surface area contributed by atoms with Crippen LogP contribution >= 0.6 is 22.6 Å². The van der Waals surface area contributed by atoms with Gasteiger partial charge in [0.1, 0.15) is 5.84 Å². The first kappa shape index (κ1) is 10.6. The molecule has 1 heterocycles. The van der Waals surface area contributed by atoms with Gasteiger partial charge in [-0.2, -0.15) is 0 Å². The molecular formula is C13H15IN2. The van der Waals surface area contributed by atoms with Crippen LogP contribution in [0, 0.1) is 3.57 Å². The number of aliphatic imine (C=N–C) groups is 1. The van der Waals surface area contributed by atoms with Crippen LogP contribution in [0.4, 0.5) is 0 Å². The van der Waals surface area contributed by atoms with Gasteiger partial charge in [0, 0.05) is 16.0 Å². The maximum Gasteiger partial charge on any atom is 0.104 e. The highest BCUT2D eigenvalue weighted by Crippen LogP contribution is 2.33. The Balaban J connectivity index is 2.01. The molecule has 1 N–H and O–H groups in total. The molecule has 0 amide bonds. The van der Waals surface area contributed by atoms with Gasteiger partial charge in [-0.15, -0.1) is 0 Å². The highest BCUT2D eigenvalue weighted by molar-refractivity contribution is 14.1. The van der Waals surface area contributed by atoms with Crippen LogP contribution in [-0.2, 0) is 6.42 Å². The van der Waals surface area contributed by atoms with Crippen molar-refractivity contribution in [1.82, 2.24) is 5.32 Å². The van der Waals surface area contributed by atoms with Gasteiger partial charge in [-0.25, -0.2) is 0 Å². The molecule has 0 aromatic heterocycles. The Hall–Kier alpha value is -0.580. The summed E-state index contributed by atoms with van der Waals surface area (Å²) < 4.78 is 1.34. The second-order valence-electron chi connectivity index (χ2n) is 4.48. The number of amidine groups is 1. The SMILES string of the molecule is Ic1ccc2c(c1)C(C1=NCCN1)CCC2. The van der Waals surface area contributed by atoms with Crippen LogP contribution in [0.5, 0.6) is 0 Å². The standard InChI is InChI=1S/C13H15IN2/c14-10-5-4-9-2-1-3-11(12(9)8-10)13-15-6-7-16-13/h4-5,8,11H,1-3,6-7H2,(H,15,16). The van der Waals surface area contributed by atoms with Crippen LogP contribution in [0.2, 0.25) is 0 Å². The number of halogens is 1. The number of rotatable bonds is 1. The third-order valence-corrected chi connectivity index (χ3v) is 4.12. The molecule has 1 aromatic carbocycles. The van der Waals surface area contributed by atoms with E-state index >= 15 is 0 Å². The smallest absolute Gasteiger partial charge is 0.104 e. The van der Waals surface area contributed by atoms with Crippen LogP contribution in [0.15, 0.2) is 23.2 Å². The van der Waals surface area contributed by atoms with Crippen molar-refractivity contribution in [2.24, 2.45) is 4.99 Å². The summed E-state index contributed by atoms with van der Waals surface area (Å²) in [5.41, 5.74) is 3.03. The van der Waals surface area contributed by atoms with Gasteiger partial charge in [-0.3, -0.25) is 4.99 Å². The summed E-state index contributed by atoms with van der Waals surface area (Å²) in [6, 6.07) is 6.84. The van der Waals surface area contributed by atoms with E-state index in [1.54, 1.807) is 0 Å². The molecule has 0 spiro atoms. The van der Waals surface area contributed by atoms with Gasteiger partial charge in [0.05, 0.1) is 6.54 Å². The Morgan fingerprint density at radius 2 is 2.31 bits per heavy atom. The average Bonchev–Trinajstić information content (AvgIpc) is 2.81. The van der Waals surface area contributed by atoms with Gasteiger partial charge in [0.15, 0.2) is 0 Å². The lowest BCUT2D eigenvalue weighted by Crippen LogP contribution is -2.28. The largest absolute Gasteiger partial charge is 0.371 e.